The summed E-state index contributed by atoms with van der Waals surface area (Å²) in [6, 6.07) is 15.4. The quantitative estimate of drug-likeness (QED) is 0.0523. The van der Waals surface area contributed by atoms with E-state index in [4.69, 9.17) is 21.3 Å². The van der Waals surface area contributed by atoms with Crippen molar-refractivity contribution in [2.75, 3.05) is 13.2 Å². The fraction of sp³-hybridized carbons (Fsp3) is 0.412. The minimum Gasteiger partial charge on any atom is -0.485 e. The standard InChI is InChI=1S/C51H56ClN9O6S/c1-27(2)37-22-34(57-58-40-14-11-13-36-39(40)25-60(50(36)66)42-19-20-43(63)55-49(42)65)23-38(28(3)4)47(37)67-26-35(62)12-9-8-10-21-53-44(64)24-41-48-59-56-31(7)61(48)51-45(29(5)30(6)68-51)46(54-41)32-15-17-33(52)18-16-32/h11,13-18,22-23,27-28,41-42H,8-10,12,19-21,24-26H2,1-7H3,(H,53,64)(H,55,63,65)/t41-,42?/m0/s1. The number of carbonyl (C=O) groups is 5. The van der Waals surface area contributed by atoms with Gasteiger partial charge in [0, 0.05) is 58.1 Å². The Morgan fingerprint density at radius 3 is 2.40 bits per heavy atom. The van der Waals surface area contributed by atoms with Gasteiger partial charge < -0.3 is 15.0 Å². The fourth-order valence-corrected chi connectivity index (χ4v) is 10.3. The molecule has 0 aliphatic carbocycles. The van der Waals surface area contributed by atoms with Crippen LogP contribution in [0, 0.1) is 20.8 Å². The van der Waals surface area contributed by atoms with Crippen molar-refractivity contribution in [3.05, 3.63) is 115 Å². The van der Waals surface area contributed by atoms with Gasteiger partial charge in [0.25, 0.3) is 5.91 Å². The summed E-state index contributed by atoms with van der Waals surface area (Å²) in [5.41, 5.74) is 7.92. The van der Waals surface area contributed by atoms with Gasteiger partial charge in [-0.15, -0.1) is 21.5 Å². The van der Waals surface area contributed by atoms with Gasteiger partial charge in [-0.3, -0.25) is 38.8 Å². The Morgan fingerprint density at radius 2 is 1.69 bits per heavy atom. The number of piperidine rings is 1. The van der Waals surface area contributed by atoms with E-state index in [9.17, 15) is 24.0 Å². The largest absolute Gasteiger partial charge is 0.485 e. The second-order valence-corrected chi connectivity index (χ2v) is 19.9. The minimum atomic E-state index is -0.727. The number of nitrogens with one attached hydrogen (secondary N) is 2. The average molecular weight is 959 g/mol. The van der Waals surface area contributed by atoms with Crippen molar-refractivity contribution >= 4 is 69.4 Å². The molecular formula is C51H56ClN9O6S. The first-order valence-electron chi connectivity index (χ1n) is 23.2. The number of benzene rings is 3. The summed E-state index contributed by atoms with van der Waals surface area (Å²) in [7, 11) is 0. The van der Waals surface area contributed by atoms with Crippen LogP contribution in [0.5, 0.6) is 5.75 Å². The summed E-state index contributed by atoms with van der Waals surface area (Å²) < 4.78 is 8.34. The zero-order valence-electron chi connectivity index (χ0n) is 39.4. The second-order valence-electron chi connectivity index (χ2n) is 18.3. The maximum Gasteiger partial charge on any atom is 0.255 e. The molecule has 1 saturated heterocycles. The number of ether oxygens (including phenoxy) is 1. The van der Waals surface area contributed by atoms with E-state index in [0.29, 0.717) is 64.9 Å². The van der Waals surface area contributed by atoms with Gasteiger partial charge in [-0.25, -0.2) is 0 Å². The van der Waals surface area contributed by atoms with Gasteiger partial charge in [-0.1, -0.05) is 63.9 Å². The number of fused-ring (bicyclic) bond motifs is 4. The molecule has 3 aromatic carbocycles. The highest BCUT2D eigenvalue weighted by molar-refractivity contribution is 7.15. The monoisotopic (exact) mass is 957 g/mol. The van der Waals surface area contributed by atoms with E-state index in [1.807, 2.05) is 47.9 Å². The number of ketones is 1. The predicted octanol–water partition coefficient (Wildman–Crippen LogP) is 9.94. The molecule has 0 bridgehead atoms. The molecule has 0 radical (unpaired) electrons. The summed E-state index contributed by atoms with van der Waals surface area (Å²) in [6.45, 7) is 14.9. The third kappa shape index (κ3) is 10.1. The Kier molecular flexibility index (Phi) is 14.5. The first-order chi connectivity index (χ1) is 32.6. The number of azo groups is 1. The number of hydrogen-bond donors (Lipinski definition) is 2. The van der Waals surface area contributed by atoms with Crippen LogP contribution in [0.3, 0.4) is 0 Å². The number of hydrogen-bond acceptors (Lipinski definition) is 12. The highest BCUT2D eigenvalue weighted by Crippen LogP contribution is 2.42. The lowest BCUT2D eigenvalue weighted by atomic mass is 9.93. The molecule has 5 heterocycles. The van der Waals surface area contributed by atoms with Gasteiger partial charge >= 0.3 is 0 Å². The lowest BCUT2D eigenvalue weighted by Crippen LogP contribution is -2.52. The number of rotatable bonds is 17. The second kappa shape index (κ2) is 20.5. The van der Waals surface area contributed by atoms with E-state index in [-0.39, 0.29) is 67.8 Å². The molecule has 3 aliphatic heterocycles. The molecule has 354 valence electrons. The van der Waals surface area contributed by atoms with E-state index < -0.39 is 18.0 Å². The number of unbranched alkanes of at least 4 members (excludes halogenated alkanes) is 2. The van der Waals surface area contributed by atoms with Gasteiger partial charge in [0.1, 0.15) is 35.3 Å². The first-order valence-corrected chi connectivity index (χ1v) is 24.4. The molecule has 15 nitrogen and oxygen atoms in total. The Hall–Kier alpha value is -6.39. The molecule has 2 atom stereocenters. The number of thiophene rings is 1. The van der Waals surface area contributed by atoms with Crippen molar-refractivity contribution < 1.29 is 28.7 Å². The number of amides is 4. The van der Waals surface area contributed by atoms with Crippen molar-refractivity contribution in [3.8, 4) is 10.8 Å². The lowest BCUT2D eigenvalue weighted by Gasteiger charge is -2.29. The molecule has 5 aromatic rings. The average Bonchev–Trinajstić information content (AvgIpc) is 3.92. The summed E-state index contributed by atoms with van der Waals surface area (Å²) >= 11 is 7.92. The number of aromatic nitrogens is 3. The number of aliphatic imine (C=N–C) groups is 1. The van der Waals surface area contributed by atoms with Crippen LogP contribution < -0.4 is 15.4 Å². The Labute approximate surface area is 404 Å². The molecule has 2 aromatic heterocycles. The molecule has 17 heteroatoms. The maximum absolute atomic E-state index is 13.5. The molecular weight excluding hydrogens is 902 g/mol. The molecule has 68 heavy (non-hydrogen) atoms. The summed E-state index contributed by atoms with van der Waals surface area (Å²) in [4.78, 5) is 72.2. The highest BCUT2D eigenvalue weighted by atomic mass is 35.5. The number of aryl methyl sites for hydroxylation is 2. The van der Waals surface area contributed by atoms with Gasteiger partial charge in [-0.2, -0.15) is 10.2 Å². The topological polar surface area (TPSA) is 190 Å². The SMILES string of the molecule is Cc1sc2c(c1C)C(c1ccc(Cl)cc1)=N[C@@H](CC(=O)NCCCCCC(=O)COc1c(C(C)C)cc(N=Nc3cccc4c3CN(C3CCC(=O)NC3=O)C4=O)cc1C(C)C)c1nnc(C)n1-2. The van der Waals surface area contributed by atoms with Gasteiger partial charge in [0.2, 0.25) is 17.7 Å². The van der Waals surface area contributed by atoms with Crippen molar-refractivity contribution in [3.63, 3.8) is 0 Å². The van der Waals surface area contributed by atoms with E-state index in [1.54, 1.807) is 29.5 Å². The smallest absolute Gasteiger partial charge is 0.255 e. The predicted molar refractivity (Wildman–Crippen MR) is 261 cm³/mol. The van der Waals surface area contributed by atoms with Crippen molar-refractivity contribution in [1.29, 1.82) is 0 Å². The molecule has 2 N–H and O–H groups in total. The zero-order valence-corrected chi connectivity index (χ0v) is 41.0. The van der Waals surface area contributed by atoms with E-state index in [0.717, 1.165) is 50.8 Å². The maximum atomic E-state index is 13.5. The number of imide groups is 1. The first kappa shape index (κ1) is 48.1. The van der Waals surface area contributed by atoms with Crippen LogP contribution in [0.1, 0.15) is 151 Å². The summed E-state index contributed by atoms with van der Waals surface area (Å²) in [6.07, 6.45) is 3.02. The summed E-state index contributed by atoms with van der Waals surface area (Å²) in [5.74, 6) is 0.892. The van der Waals surface area contributed by atoms with Crippen molar-refractivity contribution in [2.24, 2.45) is 15.2 Å². The molecule has 1 fully saturated rings. The number of nitrogens with zero attached hydrogens (tertiary/aromatic N) is 7. The molecule has 8 rings (SSSR count). The van der Waals surface area contributed by atoms with Crippen LogP contribution in [-0.2, 0) is 25.7 Å². The summed E-state index contributed by atoms with van der Waals surface area (Å²) in [5, 5.41) is 25.1. The normalized spacial score (nSPS) is 16.8. The van der Waals surface area contributed by atoms with E-state index in [1.165, 1.54) is 9.78 Å². The molecule has 1 unspecified atom stereocenters. The molecule has 3 aliphatic rings. The minimum absolute atomic E-state index is 0.0119. The van der Waals surface area contributed by atoms with Gasteiger partial charge in [0.15, 0.2) is 11.6 Å². The lowest BCUT2D eigenvalue weighted by molar-refractivity contribution is -0.137. The molecule has 0 saturated carbocycles. The Bertz CT molecular complexity index is 2830. The van der Waals surface area contributed by atoms with Crippen LogP contribution in [0.15, 0.2) is 69.8 Å². The van der Waals surface area contributed by atoms with E-state index in [2.05, 4.69) is 72.6 Å². The van der Waals surface area contributed by atoms with Crippen LogP contribution in [0.2, 0.25) is 5.02 Å². The Balaban J connectivity index is 0.850. The van der Waals surface area contributed by atoms with Gasteiger partial charge in [0.05, 0.1) is 23.5 Å². The Morgan fingerprint density at radius 1 is 0.956 bits per heavy atom. The number of carbonyl (C=O) groups excluding carboxylic acids is 5. The van der Waals surface area contributed by atoms with Crippen LogP contribution in [0.25, 0.3) is 5.00 Å². The van der Waals surface area contributed by atoms with Crippen LogP contribution in [-0.4, -0.2) is 74.0 Å². The highest BCUT2D eigenvalue weighted by Gasteiger charge is 2.40. The number of Topliss-reactive ketones (excluding diaryl/α,β-unsaturated/α-hetero) is 1. The van der Waals surface area contributed by atoms with E-state index >= 15 is 0 Å². The van der Waals surface area contributed by atoms with Gasteiger partial charge in [-0.05, 0) is 105 Å². The van der Waals surface area contributed by atoms with Crippen molar-refractivity contribution in [1.82, 2.24) is 30.3 Å². The van der Waals surface area contributed by atoms with Crippen LogP contribution in [0.4, 0.5) is 11.4 Å². The van der Waals surface area contributed by atoms with Crippen molar-refractivity contribution in [2.45, 2.75) is 124 Å². The zero-order chi connectivity index (χ0) is 48.4. The number of halogens is 1. The fourth-order valence-electron chi connectivity index (χ4n) is 8.97. The molecule has 0 spiro atoms. The molecule has 4 amide bonds. The third-order valence-corrected chi connectivity index (χ3v) is 14.2. The van der Waals surface area contributed by atoms with Crippen LogP contribution >= 0.6 is 22.9 Å². The third-order valence-electron chi connectivity index (χ3n) is 12.8.